The molecular formula is C37H33N4OPt-3. The second kappa shape index (κ2) is 10.9. The van der Waals surface area contributed by atoms with Crippen LogP contribution in [-0.4, -0.2) is 16.5 Å². The van der Waals surface area contributed by atoms with Gasteiger partial charge in [-0.3, -0.25) is 0 Å². The van der Waals surface area contributed by atoms with Crippen molar-refractivity contribution >= 4 is 38.9 Å². The molecule has 0 radical (unpaired) electrons. The van der Waals surface area contributed by atoms with Crippen molar-refractivity contribution in [2.45, 2.75) is 40.0 Å². The summed E-state index contributed by atoms with van der Waals surface area (Å²) in [5.74, 6) is 1.85. The average Bonchev–Trinajstić information content (AvgIpc) is 3.53. The number of nitrogens with zero attached hydrogens (tertiary/aromatic N) is 4. The summed E-state index contributed by atoms with van der Waals surface area (Å²) in [4.78, 5) is 7.87. The van der Waals surface area contributed by atoms with E-state index in [4.69, 9.17) is 8.85 Å². The molecule has 0 fully saturated rings. The zero-order valence-electron chi connectivity index (χ0n) is 27.7. The zero-order chi connectivity index (χ0) is 31.7. The van der Waals surface area contributed by atoms with Gasteiger partial charge in [0.1, 0.15) is 5.82 Å². The number of para-hydroxylation sites is 1. The molecule has 0 unspecified atom stereocenters. The average molecular weight is 748 g/mol. The van der Waals surface area contributed by atoms with E-state index in [0.717, 1.165) is 50.0 Å². The number of hydrogen-bond donors (Lipinski definition) is 0. The summed E-state index contributed by atoms with van der Waals surface area (Å²) in [5.41, 5.74) is 6.94. The quantitative estimate of drug-likeness (QED) is 0.169. The normalized spacial score (nSPS) is 14.3. The molecule has 0 N–H and O–H groups in total. The summed E-state index contributed by atoms with van der Waals surface area (Å²) in [7, 11) is 0. The molecule has 0 aliphatic carbocycles. The van der Waals surface area contributed by atoms with Crippen molar-refractivity contribution in [2.75, 3.05) is 16.8 Å². The minimum Gasteiger partial charge on any atom is -0.509 e. The number of fused-ring (bicyclic) bond motifs is 4. The van der Waals surface area contributed by atoms with E-state index in [0.29, 0.717) is 22.9 Å². The minimum atomic E-state index is -2.34. The van der Waals surface area contributed by atoms with Crippen molar-refractivity contribution in [1.82, 2.24) is 9.55 Å². The predicted molar refractivity (Wildman–Crippen MR) is 172 cm³/mol. The van der Waals surface area contributed by atoms with Gasteiger partial charge in [-0.1, -0.05) is 50.6 Å². The van der Waals surface area contributed by atoms with Crippen molar-refractivity contribution in [3.05, 3.63) is 121 Å². The Balaban J connectivity index is 0.00000372. The molecule has 7 rings (SSSR count). The second-order valence-corrected chi connectivity index (χ2v) is 11.9. The molecule has 0 amide bonds. The first-order valence-electron chi connectivity index (χ1n) is 15.6. The van der Waals surface area contributed by atoms with Gasteiger partial charge >= 0.3 is 0 Å². The number of anilines is 3. The van der Waals surface area contributed by atoms with Crippen LogP contribution in [0.1, 0.15) is 41.6 Å². The molecule has 4 aromatic carbocycles. The van der Waals surface area contributed by atoms with Crippen LogP contribution in [0, 0.1) is 32.6 Å². The summed E-state index contributed by atoms with van der Waals surface area (Å²) in [6.45, 7) is 9.75. The van der Waals surface area contributed by atoms with Crippen LogP contribution in [0.2, 0.25) is 0 Å². The summed E-state index contributed by atoms with van der Waals surface area (Å²) < 4.78 is 33.3. The fraction of sp³-hybridized carbons (Fsp3) is 0.189. The number of pyridine rings is 1. The molecule has 1 aliphatic rings. The van der Waals surface area contributed by atoms with Crippen molar-refractivity contribution < 1.29 is 29.9 Å². The monoisotopic (exact) mass is 747 g/mol. The Hall–Kier alpha value is -4.08. The van der Waals surface area contributed by atoms with Crippen LogP contribution in [0.3, 0.4) is 0 Å². The predicted octanol–water partition coefficient (Wildman–Crippen LogP) is 9.19. The van der Waals surface area contributed by atoms with Crippen LogP contribution < -0.4 is 14.5 Å². The molecule has 5 nitrogen and oxygen atoms in total. The van der Waals surface area contributed by atoms with E-state index in [-0.39, 0.29) is 26.5 Å². The summed E-state index contributed by atoms with van der Waals surface area (Å²) in [6.07, 6.45) is 1.79. The molecule has 0 saturated heterocycles. The standard InChI is InChI=1S/C37H33N4O.Pt/c1-24-17-34-35(18-25(24)2)40(23-39(34)6)27-19-26(37(3,4)5)20-29(21-27)42-28-14-15-31-30-11-7-8-12-32(30)41(33(31)22-28)36-13-9-10-16-38-36;/h7-20,23H,1-6H3;/q-3;/i6D3;. The third kappa shape index (κ3) is 5.10. The van der Waals surface area contributed by atoms with E-state index in [1.54, 1.807) is 12.9 Å². The SMILES string of the molecule is [2H]C([2H])([2H])N1[CH-]N(c2[c-]c(Oc3[c-]c4c(cc3)c3ccccc3n4-c3ccccn3)cc(C(C)(C)C)c2)c2cc(C)c(C)cc21.[Pt]. The molecule has 6 heteroatoms. The first-order chi connectivity index (χ1) is 21.4. The van der Waals surface area contributed by atoms with Gasteiger partial charge in [0, 0.05) is 59.8 Å². The molecule has 1 aliphatic heterocycles. The molecular weight excluding hydrogens is 712 g/mol. The fourth-order valence-corrected chi connectivity index (χ4v) is 5.53. The fourth-order valence-electron chi connectivity index (χ4n) is 5.53. The minimum absolute atomic E-state index is 0. The van der Waals surface area contributed by atoms with Crippen molar-refractivity contribution in [3.63, 3.8) is 0 Å². The van der Waals surface area contributed by atoms with Gasteiger partial charge in [-0.15, -0.1) is 47.0 Å². The third-order valence-corrected chi connectivity index (χ3v) is 7.95. The number of aryl methyl sites for hydroxylation is 2. The summed E-state index contributed by atoms with van der Waals surface area (Å²) in [5, 5.41) is 2.16. The van der Waals surface area contributed by atoms with Gasteiger partial charge in [-0.05, 0) is 73.1 Å². The summed E-state index contributed by atoms with van der Waals surface area (Å²) >= 11 is 0. The van der Waals surface area contributed by atoms with Crippen LogP contribution in [0.5, 0.6) is 11.5 Å². The van der Waals surface area contributed by atoms with Gasteiger partial charge in [0.2, 0.25) is 0 Å². The van der Waals surface area contributed by atoms with Crippen LogP contribution in [0.4, 0.5) is 17.1 Å². The van der Waals surface area contributed by atoms with Crippen LogP contribution in [0.25, 0.3) is 27.6 Å². The Labute approximate surface area is 272 Å². The molecule has 6 aromatic rings. The number of benzene rings is 4. The largest absolute Gasteiger partial charge is 0.509 e. The Kier molecular flexibility index (Phi) is 6.43. The van der Waals surface area contributed by atoms with Gasteiger partial charge in [-0.2, -0.15) is 12.7 Å². The number of hydrogen-bond acceptors (Lipinski definition) is 4. The van der Waals surface area contributed by atoms with E-state index < -0.39 is 6.98 Å². The van der Waals surface area contributed by atoms with E-state index in [9.17, 15) is 0 Å². The Bertz CT molecular complexity index is 2080. The van der Waals surface area contributed by atoms with Crippen LogP contribution >= 0.6 is 0 Å². The van der Waals surface area contributed by atoms with E-state index in [1.807, 2.05) is 73.3 Å². The van der Waals surface area contributed by atoms with Crippen molar-refractivity contribution in [1.29, 1.82) is 0 Å². The second-order valence-electron chi connectivity index (χ2n) is 11.9. The van der Waals surface area contributed by atoms with Crippen LogP contribution in [-0.2, 0) is 26.5 Å². The third-order valence-electron chi connectivity index (χ3n) is 7.95. The van der Waals surface area contributed by atoms with E-state index in [1.165, 1.54) is 4.90 Å². The molecule has 220 valence electrons. The topological polar surface area (TPSA) is 33.5 Å². The van der Waals surface area contributed by atoms with E-state index in [2.05, 4.69) is 66.7 Å². The van der Waals surface area contributed by atoms with Crippen LogP contribution in [0.15, 0.2) is 85.1 Å². The number of rotatable bonds is 4. The Morgan fingerprint density at radius 1 is 0.837 bits per heavy atom. The van der Waals surface area contributed by atoms with E-state index >= 15 is 0 Å². The molecule has 2 aromatic heterocycles. The maximum Gasteiger partial charge on any atom is 0.135 e. The maximum absolute atomic E-state index is 8.21. The molecule has 0 bridgehead atoms. The number of aromatic nitrogens is 2. The summed E-state index contributed by atoms with van der Waals surface area (Å²) in [6, 6.07) is 33.1. The molecule has 43 heavy (non-hydrogen) atoms. The molecule has 0 spiro atoms. The van der Waals surface area contributed by atoms with Gasteiger partial charge in [-0.25, -0.2) is 4.98 Å². The van der Waals surface area contributed by atoms with Gasteiger partial charge in [0.05, 0.1) is 0 Å². The molecule has 3 heterocycles. The first-order valence-corrected chi connectivity index (χ1v) is 14.1. The van der Waals surface area contributed by atoms with Gasteiger partial charge in [0.15, 0.2) is 0 Å². The van der Waals surface area contributed by atoms with Crippen molar-refractivity contribution in [2.24, 2.45) is 0 Å². The Morgan fingerprint density at radius 3 is 2.35 bits per heavy atom. The Morgan fingerprint density at radius 2 is 1.60 bits per heavy atom. The molecule has 0 saturated carbocycles. The van der Waals surface area contributed by atoms with Gasteiger partial charge < -0.3 is 19.1 Å². The van der Waals surface area contributed by atoms with Gasteiger partial charge in [0.25, 0.3) is 0 Å². The van der Waals surface area contributed by atoms with Crippen molar-refractivity contribution in [3.8, 4) is 17.3 Å². The zero-order valence-corrected chi connectivity index (χ0v) is 26.9. The molecule has 0 atom stereocenters. The number of ether oxygens (including phenoxy) is 1. The first kappa shape index (κ1) is 25.4. The maximum atomic E-state index is 8.21. The smallest absolute Gasteiger partial charge is 0.135 e.